The standard InChI is InChI=1S/C17H36ClN/c1-3-5-6-7-8-9-10-11-12-13-16-19(4-2)17-14-15-18/h3-17H2,1-2H3. The van der Waals surface area contributed by atoms with Crippen molar-refractivity contribution in [3.8, 4) is 0 Å². The first kappa shape index (κ1) is 19.2. The molecule has 116 valence electrons. The number of halogens is 1. The molecular formula is C17H36ClN. The molecule has 0 fully saturated rings. The Morgan fingerprint density at radius 3 is 1.58 bits per heavy atom. The molecule has 0 aromatic carbocycles. The van der Waals surface area contributed by atoms with E-state index in [0.717, 1.165) is 12.3 Å². The van der Waals surface area contributed by atoms with Gasteiger partial charge in [0.15, 0.2) is 0 Å². The summed E-state index contributed by atoms with van der Waals surface area (Å²) in [6.07, 6.45) is 15.4. The highest BCUT2D eigenvalue weighted by molar-refractivity contribution is 6.17. The second-order valence-corrected chi connectivity index (χ2v) is 6.04. The van der Waals surface area contributed by atoms with Crippen molar-refractivity contribution >= 4 is 11.6 Å². The van der Waals surface area contributed by atoms with Gasteiger partial charge in [0, 0.05) is 5.88 Å². The minimum atomic E-state index is 0.800. The summed E-state index contributed by atoms with van der Waals surface area (Å²) in [5, 5.41) is 0. The van der Waals surface area contributed by atoms with Crippen LogP contribution in [0.3, 0.4) is 0 Å². The quantitative estimate of drug-likeness (QED) is 0.270. The monoisotopic (exact) mass is 289 g/mol. The molecule has 0 aromatic rings. The van der Waals surface area contributed by atoms with Gasteiger partial charge in [-0.25, -0.2) is 0 Å². The lowest BCUT2D eigenvalue weighted by molar-refractivity contribution is 0.281. The lowest BCUT2D eigenvalue weighted by Gasteiger charge is -2.19. The summed E-state index contributed by atoms with van der Waals surface area (Å²) in [5.41, 5.74) is 0. The van der Waals surface area contributed by atoms with E-state index < -0.39 is 0 Å². The van der Waals surface area contributed by atoms with E-state index >= 15 is 0 Å². The van der Waals surface area contributed by atoms with Crippen molar-refractivity contribution in [2.75, 3.05) is 25.5 Å². The molecule has 0 aliphatic rings. The fourth-order valence-electron chi connectivity index (χ4n) is 2.53. The van der Waals surface area contributed by atoms with Gasteiger partial charge in [0.2, 0.25) is 0 Å². The number of nitrogens with zero attached hydrogens (tertiary/aromatic N) is 1. The van der Waals surface area contributed by atoms with Crippen LogP contribution in [0.25, 0.3) is 0 Å². The summed E-state index contributed by atoms with van der Waals surface area (Å²) in [6, 6.07) is 0. The van der Waals surface area contributed by atoms with Gasteiger partial charge < -0.3 is 4.90 Å². The first-order valence-corrected chi connectivity index (χ1v) is 9.16. The van der Waals surface area contributed by atoms with Crippen LogP contribution < -0.4 is 0 Å². The average molecular weight is 290 g/mol. The summed E-state index contributed by atoms with van der Waals surface area (Å²) in [5.74, 6) is 0.800. The molecule has 2 heteroatoms. The van der Waals surface area contributed by atoms with E-state index in [1.165, 1.54) is 83.8 Å². The third-order valence-electron chi connectivity index (χ3n) is 3.88. The van der Waals surface area contributed by atoms with Gasteiger partial charge in [0.05, 0.1) is 0 Å². The van der Waals surface area contributed by atoms with Crippen molar-refractivity contribution in [2.45, 2.75) is 84.5 Å². The summed E-state index contributed by atoms with van der Waals surface area (Å²) in [4.78, 5) is 2.53. The lowest BCUT2D eigenvalue weighted by atomic mass is 10.1. The van der Waals surface area contributed by atoms with Gasteiger partial charge in [-0.15, -0.1) is 11.6 Å². The summed E-state index contributed by atoms with van der Waals surface area (Å²) < 4.78 is 0. The van der Waals surface area contributed by atoms with Gasteiger partial charge in [-0.05, 0) is 32.5 Å². The Morgan fingerprint density at radius 1 is 0.632 bits per heavy atom. The van der Waals surface area contributed by atoms with E-state index in [2.05, 4.69) is 18.7 Å². The molecule has 0 unspecified atom stereocenters. The van der Waals surface area contributed by atoms with Crippen molar-refractivity contribution < 1.29 is 0 Å². The van der Waals surface area contributed by atoms with Gasteiger partial charge in [-0.3, -0.25) is 0 Å². The van der Waals surface area contributed by atoms with Crippen molar-refractivity contribution in [3.05, 3.63) is 0 Å². The molecule has 0 aliphatic heterocycles. The van der Waals surface area contributed by atoms with Crippen LogP contribution in [0.5, 0.6) is 0 Å². The molecule has 0 rings (SSSR count). The molecule has 0 bridgehead atoms. The smallest absolute Gasteiger partial charge is 0.0235 e. The topological polar surface area (TPSA) is 3.24 Å². The van der Waals surface area contributed by atoms with Gasteiger partial charge in [-0.1, -0.05) is 71.6 Å². The predicted octanol–water partition coefficient (Wildman–Crippen LogP) is 5.86. The predicted molar refractivity (Wildman–Crippen MR) is 89.3 cm³/mol. The first-order chi connectivity index (χ1) is 9.35. The van der Waals surface area contributed by atoms with E-state index in [-0.39, 0.29) is 0 Å². The zero-order valence-corrected chi connectivity index (χ0v) is 14.2. The second-order valence-electron chi connectivity index (χ2n) is 5.66. The maximum absolute atomic E-state index is 5.74. The van der Waals surface area contributed by atoms with Crippen molar-refractivity contribution in [2.24, 2.45) is 0 Å². The molecule has 0 amide bonds. The Labute approximate surface area is 127 Å². The van der Waals surface area contributed by atoms with Crippen molar-refractivity contribution in [1.82, 2.24) is 4.90 Å². The highest BCUT2D eigenvalue weighted by atomic mass is 35.5. The number of hydrogen-bond donors (Lipinski definition) is 0. The van der Waals surface area contributed by atoms with Gasteiger partial charge >= 0.3 is 0 Å². The van der Waals surface area contributed by atoms with Crippen LogP contribution in [0.4, 0.5) is 0 Å². The number of rotatable bonds is 15. The highest BCUT2D eigenvalue weighted by Crippen LogP contribution is 2.10. The Hall–Kier alpha value is 0.250. The molecule has 0 radical (unpaired) electrons. The molecule has 0 heterocycles. The number of alkyl halides is 1. The fraction of sp³-hybridized carbons (Fsp3) is 1.00. The first-order valence-electron chi connectivity index (χ1n) is 8.63. The molecule has 0 aliphatic carbocycles. The highest BCUT2D eigenvalue weighted by Gasteiger charge is 2.01. The molecule has 0 saturated heterocycles. The average Bonchev–Trinajstić information content (AvgIpc) is 2.44. The molecule has 0 spiro atoms. The Balaban J connectivity index is 3.16. The Morgan fingerprint density at radius 2 is 1.11 bits per heavy atom. The Kier molecular flexibility index (Phi) is 16.5. The SMILES string of the molecule is CCCCCCCCCCCCN(CC)CCCCl. The van der Waals surface area contributed by atoms with Crippen LogP contribution in [-0.2, 0) is 0 Å². The van der Waals surface area contributed by atoms with Gasteiger partial charge in [-0.2, -0.15) is 0 Å². The van der Waals surface area contributed by atoms with Crippen molar-refractivity contribution in [3.63, 3.8) is 0 Å². The van der Waals surface area contributed by atoms with E-state index in [4.69, 9.17) is 11.6 Å². The van der Waals surface area contributed by atoms with E-state index in [0.29, 0.717) is 0 Å². The van der Waals surface area contributed by atoms with Crippen LogP contribution in [0, 0.1) is 0 Å². The number of hydrogen-bond acceptors (Lipinski definition) is 1. The Bertz CT molecular complexity index is 161. The molecule has 0 aromatic heterocycles. The van der Waals surface area contributed by atoms with Gasteiger partial charge in [0.1, 0.15) is 0 Å². The molecule has 0 saturated carbocycles. The lowest BCUT2D eigenvalue weighted by Crippen LogP contribution is -2.25. The van der Waals surface area contributed by atoms with E-state index in [1.54, 1.807) is 0 Å². The summed E-state index contributed by atoms with van der Waals surface area (Å²) >= 11 is 5.74. The third kappa shape index (κ3) is 14.5. The van der Waals surface area contributed by atoms with Crippen LogP contribution in [-0.4, -0.2) is 30.4 Å². The zero-order chi connectivity index (χ0) is 14.2. The van der Waals surface area contributed by atoms with Crippen LogP contribution in [0.1, 0.15) is 84.5 Å². The minimum Gasteiger partial charge on any atom is -0.304 e. The molecule has 0 N–H and O–H groups in total. The van der Waals surface area contributed by atoms with E-state index in [9.17, 15) is 0 Å². The molecular weight excluding hydrogens is 254 g/mol. The van der Waals surface area contributed by atoms with Crippen LogP contribution in [0.15, 0.2) is 0 Å². The minimum absolute atomic E-state index is 0.800. The summed E-state index contributed by atoms with van der Waals surface area (Å²) in [6.45, 7) is 8.16. The van der Waals surface area contributed by atoms with Crippen LogP contribution >= 0.6 is 11.6 Å². The van der Waals surface area contributed by atoms with Gasteiger partial charge in [0.25, 0.3) is 0 Å². The van der Waals surface area contributed by atoms with Crippen molar-refractivity contribution in [1.29, 1.82) is 0 Å². The zero-order valence-electron chi connectivity index (χ0n) is 13.4. The maximum Gasteiger partial charge on any atom is 0.0235 e. The second kappa shape index (κ2) is 16.3. The fourth-order valence-corrected chi connectivity index (χ4v) is 2.65. The third-order valence-corrected chi connectivity index (χ3v) is 4.15. The normalized spacial score (nSPS) is 11.4. The largest absolute Gasteiger partial charge is 0.304 e. The van der Waals surface area contributed by atoms with Crippen LogP contribution in [0.2, 0.25) is 0 Å². The molecule has 1 nitrogen and oxygen atoms in total. The molecule has 0 atom stereocenters. The number of unbranched alkanes of at least 4 members (excludes halogenated alkanes) is 9. The summed E-state index contributed by atoms with van der Waals surface area (Å²) in [7, 11) is 0. The van der Waals surface area contributed by atoms with E-state index in [1.807, 2.05) is 0 Å². The molecule has 19 heavy (non-hydrogen) atoms. The maximum atomic E-state index is 5.74.